The van der Waals surface area contributed by atoms with Crippen molar-refractivity contribution in [3.05, 3.63) is 0 Å². The number of ether oxygens (including phenoxy) is 1. The van der Waals surface area contributed by atoms with Crippen LogP contribution in [-0.4, -0.2) is 36.5 Å². The highest BCUT2D eigenvalue weighted by Crippen LogP contribution is 2.39. The molecule has 17 heavy (non-hydrogen) atoms. The normalized spacial score (nSPS) is 19.0. The molecule has 1 saturated heterocycles. The van der Waals surface area contributed by atoms with Gasteiger partial charge in [0, 0.05) is 17.4 Å². The second-order valence-electron chi connectivity index (χ2n) is 3.93. The first kappa shape index (κ1) is 14.7. The van der Waals surface area contributed by atoms with Gasteiger partial charge in [-0.2, -0.15) is 0 Å². The first-order chi connectivity index (χ1) is 8.22. The summed E-state index contributed by atoms with van der Waals surface area (Å²) in [6.07, 6.45) is 4.98. The van der Waals surface area contributed by atoms with Crippen LogP contribution in [0.3, 0.4) is 0 Å². The third kappa shape index (κ3) is 6.83. The fourth-order valence-electron chi connectivity index (χ4n) is 1.55. The molecule has 1 rings (SSSR count). The van der Waals surface area contributed by atoms with Gasteiger partial charge >= 0.3 is 5.97 Å². The Kier molecular flexibility index (Phi) is 7.51. The topological polar surface area (TPSA) is 55.4 Å². The van der Waals surface area contributed by atoms with E-state index < -0.39 is 5.97 Å². The molecule has 0 aromatic carbocycles. The van der Waals surface area contributed by atoms with E-state index in [1.807, 2.05) is 21.6 Å². The molecule has 4 nitrogen and oxygen atoms in total. The average molecular weight is 277 g/mol. The molecule has 1 atom stereocenters. The predicted molar refractivity (Wildman–Crippen MR) is 71.9 cm³/mol. The van der Waals surface area contributed by atoms with Crippen LogP contribution in [-0.2, 0) is 14.3 Å². The Morgan fingerprint density at radius 3 is 2.88 bits per heavy atom. The summed E-state index contributed by atoms with van der Waals surface area (Å²) in [6, 6.07) is 0. The van der Waals surface area contributed by atoms with Gasteiger partial charge < -0.3 is 10.1 Å². The molecule has 0 aromatic rings. The molecule has 0 bridgehead atoms. The smallest absolute Gasteiger partial charge is 0.325 e. The van der Waals surface area contributed by atoms with Gasteiger partial charge in [-0.1, -0.05) is 28.0 Å². The van der Waals surface area contributed by atoms with Crippen molar-refractivity contribution in [3.8, 4) is 0 Å². The lowest BCUT2D eigenvalue weighted by Gasteiger charge is -2.07. The minimum atomic E-state index is -0.405. The minimum Gasteiger partial charge on any atom is -0.468 e. The molecule has 6 heteroatoms. The summed E-state index contributed by atoms with van der Waals surface area (Å²) in [6.45, 7) is -0.0234. The highest BCUT2D eigenvalue weighted by atomic mass is 33.1. The third-order valence-electron chi connectivity index (χ3n) is 2.56. The van der Waals surface area contributed by atoms with Crippen LogP contribution in [0.2, 0.25) is 0 Å². The third-order valence-corrected chi connectivity index (χ3v) is 5.57. The first-order valence-electron chi connectivity index (χ1n) is 5.84. The van der Waals surface area contributed by atoms with Crippen LogP contribution in [0.4, 0.5) is 0 Å². The van der Waals surface area contributed by atoms with E-state index in [0.29, 0.717) is 6.42 Å². The van der Waals surface area contributed by atoms with Gasteiger partial charge in [-0.25, -0.2) is 0 Å². The number of methoxy groups -OCH3 is 1. The van der Waals surface area contributed by atoms with Crippen molar-refractivity contribution in [1.29, 1.82) is 0 Å². The number of esters is 1. The Morgan fingerprint density at radius 1 is 1.41 bits per heavy atom. The Bertz CT molecular complexity index is 255. The monoisotopic (exact) mass is 277 g/mol. The molecular weight excluding hydrogens is 258 g/mol. The summed E-state index contributed by atoms with van der Waals surface area (Å²) in [5, 5.41) is 3.32. The molecule has 1 heterocycles. The number of rotatable bonds is 7. The summed E-state index contributed by atoms with van der Waals surface area (Å²) in [7, 11) is 5.23. The SMILES string of the molecule is COC(=O)CNC(=O)CCCC[C@H]1CCSS1. The van der Waals surface area contributed by atoms with Gasteiger partial charge in [0.15, 0.2) is 0 Å². The molecule has 98 valence electrons. The van der Waals surface area contributed by atoms with Crippen molar-refractivity contribution < 1.29 is 14.3 Å². The van der Waals surface area contributed by atoms with E-state index in [9.17, 15) is 9.59 Å². The molecular formula is C11H19NO3S2. The van der Waals surface area contributed by atoms with Crippen molar-refractivity contribution in [2.45, 2.75) is 37.4 Å². The van der Waals surface area contributed by atoms with Crippen molar-refractivity contribution in [1.82, 2.24) is 5.32 Å². The quantitative estimate of drug-likeness (QED) is 0.438. The van der Waals surface area contributed by atoms with Gasteiger partial charge in [-0.05, 0) is 19.3 Å². The Balaban J connectivity index is 1.94. The Hall–Kier alpha value is -0.360. The van der Waals surface area contributed by atoms with Crippen molar-refractivity contribution in [2.24, 2.45) is 0 Å². The van der Waals surface area contributed by atoms with E-state index in [-0.39, 0.29) is 12.5 Å². The van der Waals surface area contributed by atoms with Crippen LogP contribution < -0.4 is 5.32 Å². The molecule has 0 saturated carbocycles. The maximum Gasteiger partial charge on any atom is 0.325 e. The summed E-state index contributed by atoms with van der Waals surface area (Å²) < 4.78 is 4.44. The van der Waals surface area contributed by atoms with E-state index in [1.165, 1.54) is 25.7 Å². The lowest BCUT2D eigenvalue weighted by molar-refractivity contribution is -0.141. The van der Waals surface area contributed by atoms with E-state index in [1.54, 1.807) is 0 Å². The van der Waals surface area contributed by atoms with Crippen LogP contribution in [0.25, 0.3) is 0 Å². The zero-order valence-corrected chi connectivity index (χ0v) is 11.7. The van der Waals surface area contributed by atoms with Gasteiger partial charge in [0.05, 0.1) is 7.11 Å². The highest BCUT2D eigenvalue weighted by Gasteiger charge is 2.15. The maximum atomic E-state index is 11.3. The minimum absolute atomic E-state index is 0.0234. The van der Waals surface area contributed by atoms with E-state index in [2.05, 4.69) is 10.1 Å². The number of nitrogens with one attached hydrogen (secondary N) is 1. The first-order valence-corrected chi connectivity index (χ1v) is 8.22. The van der Waals surface area contributed by atoms with E-state index >= 15 is 0 Å². The fourth-order valence-corrected chi connectivity index (χ4v) is 4.58. The zero-order chi connectivity index (χ0) is 12.5. The number of carbonyl (C=O) groups excluding carboxylic acids is 2. The summed E-state index contributed by atoms with van der Waals surface area (Å²) in [4.78, 5) is 22.1. The largest absolute Gasteiger partial charge is 0.468 e. The number of hydrogen-bond donors (Lipinski definition) is 1. The van der Waals surface area contributed by atoms with Crippen molar-refractivity contribution >= 4 is 33.5 Å². The summed E-state index contributed by atoms with van der Waals surface area (Å²) in [5.41, 5.74) is 0. The van der Waals surface area contributed by atoms with Gasteiger partial charge in [-0.3, -0.25) is 9.59 Å². The fraction of sp³-hybridized carbons (Fsp3) is 0.818. The zero-order valence-electron chi connectivity index (χ0n) is 10.1. The molecule has 1 aliphatic heterocycles. The Labute approximate surface area is 110 Å². The van der Waals surface area contributed by atoms with Crippen LogP contribution in [0.15, 0.2) is 0 Å². The number of amides is 1. The second kappa shape index (κ2) is 8.69. The highest BCUT2D eigenvalue weighted by molar-refractivity contribution is 8.77. The molecule has 0 unspecified atom stereocenters. The van der Waals surface area contributed by atoms with Crippen LogP contribution in [0.1, 0.15) is 32.1 Å². The van der Waals surface area contributed by atoms with Crippen molar-refractivity contribution in [2.75, 3.05) is 19.4 Å². The maximum absolute atomic E-state index is 11.3. The number of hydrogen-bond acceptors (Lipinski definition) is 5. The molecule has 1 N–H and O–H groups in total. The second-order valence-corrected chi connectivity index (χ2v) is 6.72. The molecule has 1 aliphatic rings. The van der Waals surface area contributed by atoms with E-state index in [4.69, 9.17) is 0 Å². The summed E-state index contributed by atoms with van der Waals surface area (Å²) in [5.74, 6) is 0.788. The van der Waals surface area contributed by atoms with Gasteiger partial charge in [-0.15, -0.1) is 0 Å². The predicted octanol–water partition coefficient (Wildman–Crippen LogP) is 1.99. The standard InChI is InChI=1S/C11H19NO3S2/c1-15-11(14)8-12-10(13)5-3-2-4-9-6-7-16-17-9/h9H,2-8H2,1H3,(H,12,13)/t9-/m0/s1. The van der Waals surface area contributed by atoms with Gasteiger partial charge in [0.2, 0.25) is 5.91 Å². The van der Waals surface area contributed by atoms with E-state index in [0.717, 1.165) is 18.1 Å². The van der Waals surface area contributed by atoms with Gasteiger partial charge in [0.25, 0.3) is 0 Å². The molecule has 1 amide bonds. The Morgan fingerprint density at radius 2 is 2.24 bits per heavy atom. The lowest BCUT2D eigenvalue weighted by Crippen LogP contribution is -2.29. The van der Waals surface area contributed by atoms with Crippen LogP contribution >= 0.6 is 21.6 Å². The van der Waals surface area contributed by atoms with Crippen LogP contribution in [0, 0.1) is 0 Å². The van der Waals surface area contributed by atoms with Crippen molar-refractivity contribution in [3.63, 3.8) is 0 Å². The molecule has 0 radical (unpaired) electrons. The van der Waals surface area contributed by atoms with Gasteiger partial charge in [0.1, 0.15) is 6.54 Å². The molecule has 0 aromatic heterocycles. The molecule has 1 fully saturated rings. The number of unbranched alkanes of at least 4 members (excludes halogenated alkanes) is 1. The van der Waals surface area contributed by atoms with Crippen LogP contribution in [0.5, 0.6) is 0 Å². The number of carbonyl (C=O) groups is 2. The lowest BCUT2D eigenvalue weighted by atomic mass is 10.1. The molecule has 0 spiro atoms. The summed E-state index contributed by atoms with van der Waals surface area (Å²) >= 11 is 0. The molecule has 0 aliphatic carbocycles. The average Bonchev–Trinajstić information content (AvgIpc) is 2.84.